The summed E-state index contributed by atoms with van der Waals surface area (Å²) in [4.78, 5) is 14.9. The molecule has 1 aromatic heterocycles. The van der Waals surface area contributed by atoms with E-state index in [2.05, 4.69) is 10.3 Å². The fourth-order valence-electron chi connectivity index (χ4n) is 1.86. The Morgan fingerprint density at radius 2 is 2.29 bits per heavy atom. The highest BCUT2D eigenvalue weighted by Crippen LogP contribution is 2.15. The number of hydrogen-bond donors (Lipinski definition) is 2. The Bertz CT molecular complexity index is 389. The lowest BCUT2D eigenvalue weighted by Gasteiger charge is -2.22. The smallest absolute Gasteiger partial charge is 0.335 e. The lowest BCUT2D eigenvalue weighted by atomic mass is 10.0. The number of pyridine rings is 1. The third-order valence-electron chi connectivity index (χ3n) is 2.92. The molecule has 17 heavy (non-hydrogen) atoms. The Kier molecular flexibility index (Phi) is 3.93. The Morgan fingerprint density at radius 1 is 1.53 bits per heavy atom. The average molecular weight is 236 g/mol. The molecule has 1 saturated heterocycles. The minimum absolute atomic E-state index is 0.259. The van der Waals surface area contributed by atoms with Crippen LogP contribution < -0.4 is 5.32 Å². The summed E-state index contributed by atoms with van der Waals surface area (Å²) in [6, 6.07) is 3.05. The van der Waals surface area contributed by atoms with Crippen molar-refractivity contribution < 1.29 is 14.6 Å². The number of anilines is 1. The van der Waals surface area contributed by atoms with Crippen molar-refractivity contribution in [3.05, 3.63) is 23.9 Å². The summed E-state index contributed by atoms with van der Waals surface area (Å²) < 4.78 is 5.28. The molecule has 92 valence electrons. The van der Waals surface area contributed by atoms with E-state index in [1.165, 1.54) is 12.3 Å². The largest absolute Gasteiger partial charge is 0.478 e. The van der Waals surface area contributed by atoms with Crippen LogP contribution in [0, 0.1) is 5.92 Å². The summed E-state index contributed by atoms with van der Waals surface area (Å²) in [5.41, 5.74) is 0.259. The summed E-state index contributed by atoms with van der Waals surface area (Å²) in [7, 11) is 0. The van der Waals surface area contributed by atoms with Gasteiger partial charge in [-0.15, -0.1) is 0 Å². The number of nitrogens with zero attached hydrogens (tertiary/aromatic N) is 1. The van der Waals surface area contributed by atoms with Crippen molar-refractivity contribution in [3.8, 4) is 0 Å². The fraction of sp³-hybridized carbons (Fsp3) is 0.500. The molecule has 2 N–H and O–H groups in total. The first-order chi connectivity index (χ1) is 8.25. The van der Waals surface area contributed by atoms with Crippen molar-refractivity contribution in [2.45, 2.75) is 12.8 Å². The van der Waals surface area contributed by atoms with Crippen LogP contribution >= 0.6 is 0 Å². The van der Waals surface area contributed by atoms with E-state index < -0.39 is 5.97 Å². The predicted octanol–water partition coefficient (Wildman–Crippen LogP) is 1.62. The van der Waals surface area contributed by atoms with Gasteiger partial charge in [-0.3, -0.25) is 0 Å². The van der Waals surface area contributed by atoms with Gasteiger partial charge in [0.05, 0.1) is 5.56 Å². The number of hydrogen-bond acceptors (Lipinski definition) is 4. The number of carbonyl (C=O) groups is 1. The number of aromatic nitrogens is 1. The minimum atomic E-state index is -0.929. The fourth-order valence-corrected chi connectivity index (χ4v) is 1.86. The molecule has 1 aliphatic heterocycles. The monoisotopic (exact) mass is 236 g/mol. The highest BCUT2D eigenvalue weighted by atomic mass is 16.5. The third kappa shape index (κ3) is 3.42. The number of ether oxygens (including phenoxy) is 1. The molecule has 5 heteroatoms. The van der Waals surface area contributed by atoms with Crippen molar-refractivity contribution in [1.82, 2.24) is 4.98 Å². The maximum atomic E-state index is 10.8. The van der Waals surface area contributed by atoms with Crippen molar-refractivity contribution in [2.24, 2.45) is 5.92 Å². The van der Waals surface area contributed by atoms with Gasteiger partial charge in [0.1, 0.15) is 5.82 Å². The number of carboxylic acid groups (broad SMARTS) is 1. The minimum Gasteiger partial charge on any atom is -0.478 e. The van der Waals surface area contributed by atoms with Crippen molar-refractivity contribution in [1.29, 1.82) is 0 Å². The van der Waals surface area contributed by atoms with Crippen LogP contribution in [0.5, 0.6) is 0 Å². The van der Waals surface area contributed by atoms with E-state index in [0.29, 0.717) is 11.7 Å². The van der Waals surface area contributed by atoms with Crippen LogP contribution in [0.1, 0.15) is 23.2 Å². The lowest BCUT2D eigenvalue weighted by molar-refractivity contribution is 0.0696. The average Bonchev–Trinajstić information content (AvgIpc) is 2.38. The summed E-state index contributed by atoms with van der Waals surface area (Å²) in [6.07, 6.45) is 3.60. The summed E-state index contributed by atoms with van der Waals surface area (Å²) in [5, 5.41) is 12.0. The molecule has 0 saturated carbocycles. The molecular weight excluding hydrogens is 220 g/mol. The van der Waals surface area contributed by atoms with Crippen LogP contribution in [0.3, 0.4) is 0 Å². The topological polar surface area (TPSA) is 71.5 Å². The van der Waals surface area contributed by atoms with Gasteiger partial charge in [-0.05, 0) is 30.9 Å². The Morgan fingerprint density at radius 3 is 3.00 bits per heavy atom. The summed E-state index contributed by atoms with van der Waals surface area (Å²) in [6.45, 7) is 2.45. The van der Waals surface area contributed by atoms with Gasteiger partial charge in [-0.2, -0.15) is 0 Å². The van der Waals surface area contributed by atoms with E-state index in [9.17, 15) is 4.79 Å². The highest BCUT2D eigenvalue weighted by molar-refractivity contribution is 5.88. The zero-order valence-electron chi connectivity index (χ0n) is 9.56. The molecule has 1 aromatic rings. The van der Waals surface area contributed by atoms with Crippen LogP contribution in [0.2, 0.25) is 0 Å². The van der Waals surface area contributed by atoms with Gasteiger partial charge in [-0.25, -0.2) is 9.78 Å². The molecule has 1 aliphatic rings. The van der Waals surface area contributed by atoms with Gasteiger partial charge in [0.25, 0.3) is 0 Å². The van der Waals surface area contributed by atoms with Crippen molar-refractivity contribution in [3.63, 3.8) is 0 Å². The second-order valence-electron chi connectivity index (χ2n) is 4.17. The third-order valence-corrected chi connectivity index (χ3v) is 2.92. The number of rotatable bonds is 4. The Hall–Kier alpha value is -1.62. The van der Waals surface area contributed by atoms with E-state index in [4.69, 9.17) is 9.84 Å². The van der Waals surface area contributed by atoms with Gasteiger partial charge in [0.2, 0.25) is 0 Å². The predicted molar refractivity (Wildman–Crippen MR) is 63.2 cm³/mol. The molecule has 0 aromatic carbocycles. The van der Waals surface area contributed by atoms with Crippen LogP contribution in [-0.4, -0.2) is 35.8 Å². The van der Waals surface area contributed by atoms with Crippen LogP contribution in [0.4, 0.5) is 5.82 Å². The maximum absolute atomic E-state index is 10.8. The zero-order chi connectivity index (χ0) is 12.1. The van der Waals surface area contributed by atoms with E-state index in [1.807, 2.05) is 0 Å². The van der Waals surface area contributed by atoms with Gasteiger partial charge < -0.3 is 15.2 Å². The second-order valence-corrected chi connectivity index (χ2v) is 4.17. The maximum Gasteiger partial charge on any atom is 0.335 e. The molecule has 0 spiro atoms. The molecule has 0 bridgehead atoms. The number of nitrogens with one attached hydrogen (secondary N) is 1. The van der Waals surface area contributed by atoms with Gasteiger partial charge >= 0.3 is 5.97 Å². The molecule has 5 nitrogen and oxygen atoms in total. The number of aromatic carboxylic acids is 1. The molecule has 0 unspecified atom stereocenters. The normalized spacial score (nSPS) is 16.7. The standard InChI is InChI=1S/C12H16N2O3/c15-12(16)10-1-4-13-11(7-10)14-8-9-2-5-17-6-3-9/h1,4,7,9H,2-3,5-6,8H2,(H,13,14)(H,15,16). The molecule has 0 amide bonds. The Balaban J connectivity index is 1.89. The van der Waals surface area contributed by atoms with Crippen LogP contribution in [0.15, 0.2) is 18.3 Å². The van der Waals surface area contributed by atoms with Gasteiger partial charge in [-0.1, -0.05) is 0 Å². The first-order valence-electron chi connectivity index (χ1n) is 5.76. The second kappa shape index (κ2) is 5.63. The molecular formula is C12H16N2O3. The lowest BCUT2D eigenvalue weighted by Crippen LogP contribution is -2.23. The Labute approximate surface area is 99.8 Å². The number of carboxylic acids is 1. The summed E-state index contributed by atoms with van der Waals surface area (Å²) >= 11 is 0. The van der Waals surface area contributed by atoms with Crippen molar-refractivity contribution in [2.75, 3.05) is 25.1 Å². The van der Waals surface area contributed by atoms with Crippen LogP contribution in [0.25, 0.3) is 0 Å². The molecule has 1 fully saturated rings. The zero-order valence-corrected chi connectivity index (χ0v) is 9.56. The molecule has 2 heterocycles. The van der Waals surface area contributed by atoms with E-state index >= 15 is 0 Å². The quantitative estimate of drug-likeness (QED) is 0.831. The molecule has 0 aliphatic carbocycles. The van der Waals surface area contributed by atoms with E-state index in [-0.39, 0.29) is 5.56 Å². The highest BCUT2D eigenvalue weighted by Gasteiger charge is 2.13. The van der Waals surface area contributed by atoms with Gasteiger partial charge in [0.15, 0.2) is 0 Å². The van der Waals surface area contributed by atoms with Crippen LogP contribution in [-0.2, 0) is 4.74 Å². The SMILES string of the molecule is O=C(O)c1ccnc(NCC2CCOCC2)c1. The molecule has 0 atom stereocenters. The first kappa shape index (κ1) is 11.9. The molecule has 0 radical (unpaired) electrons. The van der Waals surface area contributed by atoms with Crippen molar-refractivity contribution >= 4 is 11.8 Å². The first-order valence-corrected chi connectivity index (χ1v) is 5.76. The van der Waals surface area contributed by atoms with E-state index in [0.717, 1.165) is 32.6 Å². The van der Waals surface area contributed by atoms with E-state index in [1.54, 1.807) is 6.07 Å². The summed E-state index contributed by atoms with van der Waals surface area (Å²) in [5.74, 6) is 0.275. The molecule has 2 rings (SSSR count). The van der Waals surface area contributed by atoms with Gasteiger partial charge in [0, 0.05) is 26.0 Å².